The molecule has 0 aromatic heterocycles. The highest BCUT2D eigenvalue weighted by molar-refractivity contribution is 8.18. The van der Waals surface area contributed by atoms with Crippen LogP contribution < -0.4 is 14.2 Å². The number of aliphatic imine (C=N–C) groups is 1. The van der Waals surface area contributed by atoms with Gasteiger partial charge in [-0.05, 0) is 66.2 Å². The third-order valence-electron chi connectivity index (χ3n) is 4.41. The lowest BCUT2D eigenvalue weighted by Gasteiger charge is -2.14. The summed E-state index contributed by atoms with van der Waals surface area (Å²) in [6.07, 6.45) is 2.63. The molecule has 7 nitrogen and oxygen atoms in total. The number of carbonyl (C=O) groups excluding carboxylic acids is 1. The predicted octanol–water partition coefficient (Wildman–Crippen LogP) is 4.62. The van der Waals surface area contributed by atoms with Gasteiger partial charge >= 0.3 is 0 Å². The molecule has 1 fully saturated rings. The Labute approximate surface area is 185 Å². The van der Waals surface area contributed by atoms with Gasteiger partial charge in [-0.25, -0.2) is 4.99 Å². The highest BCUT2D eigenvalue weighted by atomic mass is 32.2. The molecule has 8 heteroatoms. The lowest BCUT2D eigenvalue weighted by molar-refractivity contribution is -0.122. The number of hydrogen-bond donors (Lipinski definition) is 0. The van der Waals surface area contributed by atoms with Crippen LogP contribution in [0.25, 0.3) is 6.08 Å². The zero-order valence-corrected chi connectivity index (χ0v) is 18.4. The van der Waals surface area contributed by atoms with E-state index in [0.29, 0.717) is 28.1 Å². The maximum Gasteiger partial charge on any atom is 0.266 e. The number of nitriles is 1. The Morgan fingerprint density at radius 2 is 1.90 bits per heavy atom. The molecule has 0 spiro atoms. The number of hydrogen-bond acceptors (Lipinski definition) is 7. The van der Waals surface area contributed by atoms with Gasteiger partial charge in [-0.3, -0.25) is 9.69 Å². The third-order valence-corrected chi connectivity index (χ3v) is 5.42. The minimum atomic E-state index is -0.0807. The van der Waals surface area contributed by atoms with Crippen LogP contribution in [0.2, 0.25) is 0 Å². The van der Waals surface area contributed by atoms with Crippen LogP contribution >= 0.6 is 11.8 Å². The number of ether oxygens (including phenoxy) is 3. The average Bonchev–Trinajstić information content (AvgIpc) is 3.07. The first-order valence-electron chi connectivity index (χ1n) is 9.71. The third kappa shape index (κ3) is 5.38. The Balaban J connectivity index is 1.89. The van der Waals surface area contributed by atoms with Gasteiger partial charge < -0.3 is 14.2 Å². The molecule has 31 heavy (non-hydrogen) atoms. The number of amides is 1. The molecule has 3 rings (SSSR count). The number of thioether (sulfide) groups is 1. The second kappa shape index (κ2) is 10.5. The summed E-state index contributed by atoms with van der Waals surface area (Å²) in [5.41, 5.74) is 1.54. The van der Waals surface area contributed by atoms with Crippen LogP contribution in [0.1, 0.15) is 18.9 Å². The molecule has 1 amide bonds. The van der Waals surface area contributed by atoms with E-state index < -0.39 is 0 Å². The molecular formula is C23H23N3O4S. The van der Waals surface area contributed by atoms with Gasteiger partial charge in [-0.15, -0.1) is 0 Å². The summed E-state index contributed by atoms with van der Waals surface area (Å²) in [6, 6.07) is 14.6. The van der Waals surface area contributed by atoms with Crippen LogP contribution in [0.15, 0.2) is 52.4 Å². The van der Waals surface area contributed by atoms with Crippen LogP contribution in [-0.2, 0) is 4.79 Å². The monoisotopic (exact) mass is 437 g/mol. The summed E-state index contributed by atoms with van der Waals surface area (Å²) in [4.78, 5) is 20.0. The van der Waals surface area contributed by atoms with Gasteiger partial charge in [-0.2, -0.15) is 5.26 Å². The quantitative estimate of drug-likeness (QED) is 0.560. The summed E-state index contributed by atoms with van der Waals surface area (Å²) in [5.74, 6) is 1.65. The summed E-state index contributed by atoms with van der Waals surface area (Å²) < 4.78 is 15.9. The molecular weight excluding hydrogens is 414 g/mol. The summed E-state index contributed by atoms with van der Waals surface area (Å²) in [7, 11) is 3.15. The fourth-order valence-corrected chi connectivity index (χ4v) is 3.96. The van der Waals surface area contributed by atoms with Crippen molar-refractivity contribution in [1.29, 1.82) is 5.26 Å². The van der Waals surface area contributed by atoms with Gasteiger partial charge in [0.25, 0.3) is 5.91 Å². The second-order valence-electron chi connectivity index (χ2n) is 6.52. The molecule has 0 radical (unpaired) electrons. The summed E-state index contributed by atoms with van der Waals surface area (Å²) >= 11 is 1.34. The fourth-order valence-electron chi connectivity index (χ4n) is 2.93. The zero-order valence-electron chi connectivity index (χ0n) is 17.6. The second-order valence-corrected chi connectivity index (χ2v) is 7.53. The maximum atomic E-state index is 13.0. The molecule has 0 N–H and O–H groups in total. The Morgan fingerprint density at radius 3 is 2.55 bits per heavy atom. The van der Waals surface area contributed by atoms with Crippen molar-refractivity contribution in [3.05, 3.63) is 52.9 Å². The molecule has 0 bridgehead atoms. The predicted molar refractivity (Wildman–Crippen MR) is 122 cm³/mol. The normalized spacial score (nSPS) is 15.9. The SMILES string of the molecule is CCCN1C(=O)/C(=C/c2ccc(OCC#N)c(OC)c2)SC1=Nc1ccc(OC)cc1. The van der Waals surface area contributed by atoms with Gasteiger partial charge in [0.15, 0.2) is 23.3 Å². The molecule has 0 unspecified atom stereocenters. The Kier molecular flexibility index (Phi) is 7.57. The van der Waals surface area contributed by atoms with Crippen LogP contribution in [0.4, 0.5) is 5.69 Å². The van der Waals surface area contributed by atoms with E-state index in [-0.39, 0.29) is 12.5 Å². The molecule has 2 aromatic carbocycles. The van der Waals surface area contributed by atoms with E-state index in [0.717, 1.165) is 23.4 Å². The highest BCUT2D eigenvalue weighted by Crippen LogP contribution is 2.36. The number of nitrogens with zero attached hydrogens (tertiary/aromatic N) is 3. The molecule has 2 aromatic rings. The fraction of sp³-hybridized carbons (Fsp3) is 0.261. The van der Waals surface area contributed by atoms with E-state index in [9.17, 15) is 4.79 Å². The van der Waals surface area contributed by atoms with Crippen molar-refractivity contribution in [3.63, 3.8) is 0 Å². The van der Waals surface area contributed by atoms with Crippen molar-refractivity contribution in [2.45, 2.75) is 13.3 Å². The van der Waals surface area contributed by atoms with Gasteiger partial charge in [0, 0.05) is 6.54 Å². The van der Waals surface area contributed by atoms with Crippen molar-refractivity contribution in [3.8, 4) is 23.3 Å². The van der Waals surface area contributed by atoms with E-state index in [1.807, 2.05) is 49.4 Å². The van der Waals surface area contributed by atoms with E-state index in [4.69, 9.17) is 19.5 Å². The van der Waals surface area contributed by atoms with Crippen LogP contribution in [0, 0.1) is 11.3 Å². The Bertz CT molecular complexity index is 1040. The highest BCUT2D eigenvalue weighted by Gasteiger charge is 2.32. The lowest BCUT2D eigenvalue weighted by Crippen LogP contribution is -2.29. The number of rotatable bonds is 8. The van der Waals surface area contributed by atoms with Crippen LogP contribution in [-0.4, -0.2) is 43.3 Å². The van der Waals surface area contributed by atoms with E-state index >= 15 is 0 Å². The molecule has 1 heterocycles. The Morgan fingerprint density at radius 1 is 1.13 bits per heavy atom. The van der Waals surface area contributed by atoms with Gasteiger partial charge in [0.2, 0.25) is 0 Å². The first kappa shape index (κ1) is 22.2. The number of benzene rings is 2. The number of methoxy groups -OCH3 is 2. The molecule has 0 atom stereocenters. The van der Waals surface area contributed by atoms with E-state index in [2.05, 4.69) is 4.99 Å². The summed E-state index contributed by atoms with van der Waals surface area (Å²) in [6.45, 7) is 2.54. The van der Waals surface area contributed by atoms with Crippen molar-refractivity contribution in [1.82, 2.24) is 4.90 Å². The maximum absolute atomic E-state index is 13.0. The minimum absolute atomic E-state index is 0.0672. The van der Waals surface area contributed by atoms with Crippen molar-refractivity contribution in [2.75, 3.05) is 27.4 Å². The first-order valence-corrected chi connectivity index (χ1v) is 10.5. The van der Waals surface area contributed by atoms with Crippen LogP contribution in [0.5, 0.6) is 17.2 Å². The van der Waals surface area contributed by atoms with Crippen molar-refractivity contribution < 1.29 is 19.0 Å². The zero-order chi connectivity index (χ0) is 22.2. The number of carbonyl (C=O) groups is 1. The molecule has 1 aliphatic heterocycles. The Hall–Kier alpha value is -3.44. The minimum Gasteiger partial charge on any atom is -0.497 e. The molecule has 160 valence electrons. The van der Waals surface area contributed by atoms with Crippen molar-refractivity contribution >= 4 is 34.6 Å². The van der Waals surface area contributed by atoms with Gasteiger partial charge in [0.05, 0.1) is 24.8 Å². The van der Waals surface area contributed by atoms with Gasteiger partial charge in [-0.1, -0.05) is 13.0 Å². The summed E-state index contributed by atoms with van der Waals surface area (Å²) in [5, 5.41) is 9.35. The molecule has 0 saturated carbocycles. The van der Waals surface area contributed by atoms with Crippen molar-refractivity contribution in [2.24, 2.45) is 4.99 Å². The topological polar surface area (TPSA) is 84.2 Å². The molecule has 1 saturated heterocycles. The standard InChI is InChI=1S/C23H23N3O4S/c1-4-12-26-22(27)21(31-23(26)25-17-6-8-18(28-2)9-7-17)15-16-5-10-19(30-13-11-24)20(14-16)29-3/h5-10,14-15H,4,12-13H2,1-3H3/b21-15-,25-23?. The lowest BCUT2D eigenvalue weighted by atomic mass is 10.2. The van der Waals surface area contributed by atoms with E-state index in [1.165, 1.54) is 18.9 Å². The van der Waals surface area contributed by atoms with Gasteiger partial charge in [0.1, 0.15) is 11.8 Å². The molecule has 0 aliphatic carbocycles. The van der Waals surface area contributed by atoms with Crippen LogP contribution in [0.3, 0.4) is 0 Å². The smallest absolute Gasteiger partial charge is 0.266 e. The number of amidine groups is 1. The van der Waals surface area contributed by atoms with E-state index in [1.54, 1.807) is 24.1 Å². The first-order chi connectivity index (χ1) is 15.1. The molecule has 1 aliphatic rings. The largest absolute Gasteiger partial charge is 0.497 e. The average molecular weight is 438 g/mol.